The molecule has 0 saturated carbocycles. The van der Waals surface area contributed by atoms with Gasteiger partial charge in [0.2, 0.25) is 0 Å². The summed E-state index contributed by atoms with van der Waals surface area (Å²) in [5.41, 5.74) is 0.422. The number of hydrogen-bond acceptors (Lipinski definition) is 1. The molecule has 0 bridgehead atoms. The number of rotatable bonds is 4. The predicted molar refractivity (Wildman–Crippen MR) is 45.1 cm³/mol. The molecule has 63 valence electrons. The Bertz CT molecular complexity index is 159. The monoisotopic (exact) mass is 155 g/mol. The Morgan fingerprint density at radius 3 is 2.64 bits per heavy atom. The average molecular weight is 155 g/mol. The van der Waals surface area contributed by atoms with E-state index in [9.17, 15) is 4.79 Å². The summed E-state index contributed by atoms with van der Waals surface area (Å²) in [6.45, 7) is 7.31. The fourth-order valence-corrected chi connectivity index (χ4v) is 0.903. The molecule has 0 aromatic rings. The average Bonchev–Trinajstić information content (AvgIpc) is 1.87. The van der Waals surface area contributed by atoms with Gasteiger partial charge in [-0.3, -0.25) is 0 Å². The second-order valence-electron chi connectivity index (χ2n) is 2.77. The molecular formula is C9H15O2. The molecule has 2 nitrogen and oxygen atoms in total. The zero-order valence-electron chi connectivity index (χ0n) is 7.13. The van der Waals surface area contributed by atoms with Crippen LogP contribution in [0.4, 0.5) is 0 Å². The van der Waals surface area contributed by atoms with Gasteiger partial charge in [0, 0.05) is 5.57 Å². The van der Waals surface area contributed by atoms with Gasteiger partial charge in [0.1, 0.15) is 0 Å². The van der Waals surface area contributed by atoms with Crippen LogP contribution in [0.15, 0.2) is 11.6 Å². The smallest absolute Gasteiger partial charge is 0.330 e. The fourth-order valence-electron chi connectivity index (χ4n) is 0.903. The number of carboxylic acids is 1. The Balaban J connectivity index is 3.96. The minimum absolute atomic E-state index is 0.323. The van der Waals surface area contributed by atoms with Crippen LogP contribution in [0.3, 0.4) is 0 Å². The maximum absolute atomic E-state index is 10.4. The van der Waals surface area contributed by atoms with Crippen LogP contribution in [-0.4, -0.2) is 11.1 Å². The van der Waals surface area contributed by atoms with Crippen LogP contribution in [0.25, 0.3) is 0 Å². The highest BCUT2D eigenvalue weighted by Crippen LogP contribution is 2.09. The molecule has 0 aliphatic heterocycles. The molecule has 0 aromatic heterocycles. The largest absolute Gasteiger partial charge is 0.478 e. The first-order chi connectivity index (χ1) is 5.07. The van der Waals surface area contributed by atoms with Crippen molar-refractivity contribution in [2.24, 2.45) is 5.92 Å². The van der Waals surface area contributed by atoms with Crippen molar-refractivity contribution in [3.05, 3.63) is 18.6 Å². The number of carbonyl (C=O) groups is 1. The lowest BCUT2D eigenvalue weighted by Crippen LogP contribution is -1.99. The maximum Gasteiger partial charge on any atom is 0.330 e. The summed E-state index contributed by atoms with van der Waals surface area (Å²) in [4.78, 5) is 10.4. The third-order valence-corrected chi connectivity index (χ3v) is 1.53. The number of carboxylic acid groups (broad SMARTS) is 1. The van der Waals surface area contributed by atoms with Gasteiger partial charge in [0.15, 0.2) is 0 Å². The van der Waals surface area contributed by atoms with E-state index in [1.165, 1.54) is 0 Å². The van der Waals surface area contributed by atoms with Crippen molar-refractivity contribution in [3.8, 4) is 0 Å². The molecule has 0 heterocycles. The molecule has 1 radical (unpaired) electrons. The third-order valence-electron chi connectivity index (χ3n) is 1.53. The van der Waals surface area contributed by atoms with Gasteiger partial charge in [-0.05, 0) is 19.3 Å². The Morgan fingerprint density at radius 1 is 1.73 bits per heavy atom. The fraction of sp³-hybridized carbons (Fsp3) is 0.556. The van der Waals surface area contributed by atoms with E-state index >= 15 is 0 Å². The summed E-state index contributed by atoms with van der Waals surface area (Å²) in [5, 5.41) is 8.52. The van der Waals surface area contributed by atoms with Crippen LogP contribution in [-0.2, 0) is 4.79 Å². The van der Waals surface area contributed by atoms with Gasteiger partial charge in [-0.1, -0.05) is 26.3 Å². The molecule has 1 atom stereocenters. The van der Waals surface area contributed by atoms with Gasteiger partial charge in [-0.15, -0.1) is 0 Å². The molecule has 0 aliphatic carbocycles. The topological polar surface area (TPSA) is 37.3 Å². The predicted octanol–water partition coefficient (Wildman–Crippen LogP) is 2.27. The summed E-state index contributed by atoms with van der Waals surface area (Å²) in [6.07, 6.45) is 3.57. The second kappa shape index (κ2) is 4.94. The molecule has 0 aliphatic rings. The molecule has 0 aromatic carbocycles. The highest BCUT2D eigenvalue weighted by atomic mass is 16.4. The van der Waals surface area contributed by atoms with E-state index in [-0.39, 0.29) is 0 Å². The number of aliphatic carboxylic acids is 1. The van der Waals surface area contributed by atoms with E-state index < -0.39 is 5.97 Å². The van der Waals surface area contributed by atoms with Crippen LogP contribution in [0.5, 0.6) is 0 Å². The zero-order valence-corrected chi connectivity index (χ0v) is 7.13. The molecule has 11 heavy (non-hydrogen) atoms. The van der Waals surface area contributed by atoms with Crippen LogP contribution in [0, 0.1) is 12.8 Å². The van der Waals surface area contributed by atoms with Gasteiger partial charge in [-0.2, -0.15) is 0 Å². The van der Waals surface area contributed by atoms with Gasteiger partial charge >= 0.3 is 5.97 Å². The molecule has 0 fully saturated rings. The van der Waals surface area contributed by atoms with E-state index in [0.29, 0.717) is 11.5 Å². The first-order valence-corrected chi connectivity index (χ1v) is 3.79. The lowest BCUT2D eigenvalue weighted by atomic mass is 10.0. The van der Waals surface area contributed by atoms with Crippen molar-refractivity contribution in [2.45, 2.75) is 26.7 Å². The Kier molecular flexibility index (Phi) is 4.59. The van der Waals surface area contributed by atoms with Gasteiger partial charge < -0.3 is 5.11 Å². The lowest BCUT2D eigenvalue weighted by molar-refractivity contribution is -0.132. The summed E-state index contributed by atoms with van der Waals surface area (Å²) in [6, 6.07) is 0. The van der Waals surface area contributed by atoms with E-state index in [1.54, 1.807) is 13.0 Å². The molecule has 0 saturated heterocycles. The molecule has 1 unspecified atom stereocenters. The van der Waals surface area contributed by atoms with Crippen molar-refractivity contribution in [3.63, 3.8) is 0 Å². The standard InChI is InChI=1S/C9H15O2/c1-4-5-7(2)6-8(3)9(10)11/h6-7H,1,4-5H2,2-3H3,(H,10,11). The van der Waals surface area contributed by atoms with Crippen LogP contribution in [0.2, 0.25) is 0 Å². The highest BCUT2D eigenvalue weighted by Gasteiger charge is 2.02. The molecule has 1 N–H and O–H groups in total. The zero-order chi connectivity index (χ0) is 8.85. The molecular weight excluding hydrogens is 140 g/mol. The third kappa shape index (κ3) is 4.59. The van der Waals surface area contributed by atoms with Crippen LogP contribution >= 0.6 is 0 Å². The summed E-state index contributed by atoms with van der Waals surface area (Å²) >= 11 is 0. The van der Waals surface area contributed by atoms with Crippen molar-refractivity contribution < 1.29 is 9.90 Å². The van der Waals surface area contributed by atoms with E-state index in [0.717, 1.165) is 12.8 Å². The summed E-state index contributed by atoms with van der Waals surface area (Å²) < 4.78 is 0. The van der Waals surface area contributed by atoms with Gasteiger partial charge in [0.05, 0.1) is 0 Å². The number of hydrogen-bond donors (Lipinski definition) is 1. The molecule has 2 heteroatoms. The SMILES string of the molecule is [CH2]CCC(C)C=C(C)C(=O)O. The van der Waals surface area contributed by atoms with Crippen LogP contribution < -0.4 is 0 Å². The number of allylic oxidation sites excluding steroid dienone is 1. The molecule has 0 rings (SSSR count). The maximum atomic E-state index is 10.4. The van der Waals surface area contributed by atoms with E-state index in [1.807, 2.05) is 6.92 Å². The quantitative estimate of drug-likeness (QED) is 0.632. The highest BCUT2D eigenvalue weighted by molar-refractivity contribution is 5.85. The van der Waals surface area contributed by atoms with Crippen molar-refractivity contribution >= 4 is 5.97 Å². The van der Waals surface area contributed by atoms with Crippen molar-refractivity contribution in [1.82, 2.24) is 0 Å². The first kappa shape index (κ1) is 10.2. The van der Waals surface area contributed by atoms with Gasteiger partial charge in [0.25, 0.3) is 0 Å². The van der Waals surface area contributed by atoms with Crippen molar-refractivity contribution in [1.29, 1.82) is 0 Å². The van der Waals surface area contributed by atoms with E-state index in [2.05, 4.69) is 6.92 Å². The van der Waals surface area contributed by atoms with Crippen molar-refractivity contribution in [2.75, 3.05) is 0 Å². The normalized spacial score (nSPS) is 14.6. The Labute approximate surface area is 67.9 Å². The van der Waals surface area contributed by atoms with E-state index in [4.69, 9.17) is 5.11 Å². The van der Waals surface area contributed by atoms with Gasteiger partial charge in [-0.25, -0.2) is 4.79 Å². The van der Waals surface area contributed by atoms with Crippen LogP contribution in [0.1, 0.15) is 26.7 Å². The first-order valence-electron chi connectivity index (χ1n) is 3.79. The lowest BCUT2D eigenvalue weighted by Gasteiger charge is -2.03. The Hall–Kier alpha value is -0.790. The molecule has 0 spiro atoms. The minimum Gasteiger partial charge on any atom is -0.478 e. The Morgan fingerprint density at radius 2 is 2.27 bits per heavy atom. The minimum atomic E-state index is -0.832. The summed E-state index contributed by atoms with van der Waals surface area (Å²) in [5.74, 6) is -0.510. The summed E-state index contributed by atoms with van der Waals surface area (Å²) in [7, 11) is 0. The second-order valence-corrected chi connectivity index (χ2v) is 2.77. The molecule has 0 amide bonds.